The molecule has 10 heteroatoms. The summed E-state index contributed by atoms with van der Waals surface area (Å²) in [6.07, 6.45) is 1.66. The van der Waals surface area contributed by atoms with Crippen LogP contribution in [0.2, 0.25) is 0 Å². The third kappa shape index (κ3) is 5.58. The van der Waals surface area contributed by atoms with Gasteiger partial charge < -0.3 is 14.8 Å². The maximum atomic E-state index is 13.4. The Bertz CT molecular complexity index is 1340. The van der Waals surface area contributed by atoms with Crippen molar-refractivity contribution < 1.29 is 23.5 Å². The third-order valence-corrected chi connectivity index (χ3v) is 5.14. The topological polar surface area (TPSA) is 131 Å². The van der Waals surface area contributed by atoms with E-state index in [4.69, 9.17) is 19.5 Å². The first-order chi connectivity index (χ1) is 16.4. The number of unbranched alkanes of at least 4 members (excludes halogenated alkanes) is 1. The summed E-state index contributed by atoms with van der Waals surface area (Å²) in [7, 11) is 0. The van der Waals surface area contributed by atoms with Crippen LogP contribution >= 0.6 is 0 Å². The van der Waals surface area contributed by atoms with E-state index in [0.717, 1.165) is 0 Å². The summed E-state index contributed by atoms with van der Waals surface area (Å²) in [5.41, 5.74) is 3.47. The number of carboxylic acid groups (broad SMARTS) is 1. The smallest absolute Gasteiger partial charge is 0.303 e. The van der Waals surface area contributed by atoms with E-state index in [9.17, 15) is 14.0 Å². The number of nitrogens with one attached hydrogen (secondary N) is 1. The van der Waals surface area contributed by atoms with Gasteiger partial charge in [0.15, 0.2) is 0 Å². The molecule has 1 amide bonds. The Morgan fingerprint density at radius 1 is 1.03 bits per heavy atom. The van der Waals surface area contributed by atoms with Gasteiger partial charge in [-0.1, -0.05) is 0 Å². The molecule has 0 unspecified atom stereocenters. The minimum Gasteiger partial charge on any atom is -0.481 e. The van der Waals surface area contributed by atoms with Crippen LogP contribution in [0.3, 0.4) is 0 Å². The molecule has 0 fully saturated rings. The maximum Gasteiger partial charge on any atom is 0.303 e. The quantitative estimate of drug-likeness (QED) is 0.358. The molecule has 0 saturated heterocycles. The molecule has 2 aromatic heterocycles. The lowest BCUT2D eigenvalue weighted by molar-refractivity contribution is -0.137. The second kappa shape index (κ2) is 10.2. The predicted octanol–water partition coefficient (Wildman–Crippen LogP) is 3.85. The van der Waals surface area contributed by atoms with Gasteiger partial charge in [-0.3, -0.25) is 9.59 Å². The highest BCUT2D eigenvalue weighted by Crippen LogP contribution is 2.26. The van der Waals surface area contributed by atoms with Gasteiger partial charge >= 0.3 is 5.97 Å². The second-order valence-corrected chi connectivity index (χ2v) is 7.73. The number of hydrogen-bond donors (Lipinski definition) is 2. The van der Waals surface area contributed by atoms with E-state index in [1.807, 2.05) is 0 Å². The number of aliphatic carboxylic acids is 1. The number of carbonyl (C=O) groups is 2. The van der Waals surface area contributed by atoms with Crippen LogP contribution in [0.4, 0.5) is 4.39 Å². The van der Waals surface area contributed by atoms with Crippen molar-refractivity contribution in [2.24, 2.45) is 0 Å². The number of aryl methyl sites for hydroxylation is 2. The lowest BCUT2D eigenvalue weighted by Gasteiger charge is -2.11. The third-order valence-electron chi connectivity index (χ3n) is 5.14. The van der Waals surface area contributed by atoms with Crippen LogP contribution in [0.1, 0.15) is 47.1 Å². The van der Waals surface area contributed by atoms with Crippen LogP contribution in [0, 0.1) is 12.7 Å². The summed E-state index contributed by atoms with van der Waals surface area (Å²) in [5.74, 6) is -0.816. The zero-order valence-electron chi connectivity index (χ0n) is 18.4. The summed E-state index contributed by atoms with van der Waals surface area (Å²) >= 11 is 0. The van der Waals surface area contributed by atoms with Gasteiger partial charge in [0.2, 0.25) is 11.8 Å². The molecule has 2 aromatic carbocycles. The van der Waals surface area contributed by atoms with Gasteiger partial charge in [0.1, 0.15) is 5.82 Å². The van der Waals surface area contributed by atoms with E-state index in [1.54, 1.807) is 37.3 Å². The molecule has 0 atom stereocenters. The standard InChI is InChI=1S/C24H22FN5O4/c1-14-29-30-21(34-14)13-26-24(33)16-8-11-18-20(12-16)27-19(4-2-3-5-22(31)32)23(28-18)15-6-9-17(25)10-7-15/h6-12H,2-5,13H2,1H3,(H,26,33)(H,31,32). The van der Waals surface area contributed by atoms with Gasteiger partial charge in [-0.05, 0) is 61.7 Å². The van der Waals surface area contributed by atoms with Crippen LogP contribution in [-0.2, 0) is 17.8 Å². The van der Waals surface area contributed by atoms with Crippen molar-refractivity contribution >= 4 is 22.9 Å². The molecule has 0 bridgehead atoms. The van der Waals surface area contributed by atoms with Gasteiger partial charge in [-0.2, -0.15) is 0 Å². The van der Waals surface area contributed by atoms with Crippen molar-refractivity contribution in [3.8, 4) is 11.3 Å². The summed E-state index contributed by atoms with van der Waals surface area (Å²) < 4.78 is 18.7. The highest BCUT2D eigenvalue weighted by atomic mass is 19.1. The van der Waals surface area contributed by atoms with E-state index >= 15 is 0 Å². The average Bonchev–Trinajstić information content (AvgIpc) is 3.25. The molecule has 9 nitrogen and oxygen atoms in total. The molecule has 0 aliphatic heterocycles. The first-order valence-corrected chi connectivity index (χ1v) is 10.7. The lowest BCUT2D eigenvalue weighted by Crippen LogP contribution is -2.23. The van der Waals surface area contributed by atoms with Crippen LogP contribution in [-0.4, -0.2) is 37.1 Å². The monoisotopic (exact) mass is 463 g/mol. The molecule has 0 radical (unpaired) electrons. The molecular formula is C24H22FN5O4. The van der Waals surface area contributed by atoms with Crippen LogP contribution < -0.4 is 5.32 Å². The summed E-state index contributed by atoms with van der Waals surface area (Å²) in [4.78, 5) is 32.9. The van der Waals surface area contributed by atoms with E-state index in [-0.39, 0.29) is 24.7 Å². The minimum absolute atomic E-state index is 0.0663. The number of rotatable bonds is 9. The molecule has 34 heavy (non-hydrogen) atoms. The van der Waals surface area contributed by atoms with Crippen LogP contribution in [0.5, 0.6) is 0 Å². The number of fused-ring (bicyclic) bond motifs is 1. The van der Waals surface area contributed by atoms with Crippen molar-refractivity contribution in [3.05, 3.63) is 71.3 Å². The molecule has 4 aromatic rings. The fourth-order valence-corrected chi connectivity index (χ4v) is 3.48. The first kappa shape index (κ1) is 23.0. The highest BCUT2D eigenvalue weighted by molar-refractivity contribution is 5.97. The molecular weight excluding hydrogens is 441 g/mol. The van der Waals surface area contributed by atoms with Crippen molar-refractivity contribution in [1.29, 1.82) is 0 Å². The number of halogens is 1. The molecule has 174 valence electrons. The van der Waals surface area contributed by atoms with Crippen molar-refractivity contribution in [2.45, 2.75) is 39.2 Å². The van der Waals surface area contributed by atoms with E-state index in [2.05, 4.69) is 15.5 Å². The Balaban J connectivity index is 1.61. The maximum absolute atomic E-state index is 13.4. The number of aromatic nitrogens is 4. The van der Waals surface area contributed by atoms with Gasteiger partial charge in [-0.15, -0.1) is 10.2 Å². The van der Waals surface area contributed by atoms with Crippen LogP contribution in [0.15, 0.2) is 46.9 Å². The van der Waals surface area contributed by atoms with Crippen molar-refractivity contribution in [1.82, 2.24) is 25.5 Å². The molecule has 2 heterocycles. The van der Waals surface area contributed by atoms with Crippen molar-refractivity contribution in [2.75, 3.05) is 0 Å². The predicted molar refractivity (Wildman–Crippen MR) is 120 cm³/mol. The fourth-order valence-electron chi connectivity index (χ4n) is 3.48. The Hall–Kier alpha value is -4.21. The molecule has 0 aliphatic rings. The van der Waals surface area contributed by atoms with Crippen molar-refractivity contribution in [3.63, 3.8) is 0 Å². The summed E-state index contributed by atoms with van der Waals surface area (Å²) in [6.45, 7) is 1.77. The molecule has 2 N–H and O–H groups in total. The lowest BCUT2D eigenvalue weighted by atomic mass is 10.0. The zero-order valence-corrected chi connectivity index (χ0v) is 18.4. The number of nitrogens with zero attached hydrogens (tertiary/aromatic N) is 4. The van der Waals surface area contributed by atoms with Gasteiger partial charge in [-0.25, -0.2) is 14.4 Å². The highest BCUT2D eigenvalue weighted by Gasteiger charge is 2.14. The average molecular weight is 463 g/mol. The first-order valence-electron chi connectivity index (χ1n) is 10.7. The van der Waals surface area contributed by atoms with E-state index < -0.39 is 5.97 Å². The van der Waals surface area contributed by atoms with Gasteiger partial charge in [0.25, 0.3) is 5.91 Å². The Morgan fingerprint density at radius 2 is 1.82 bits per heavy atom. The van der Waals surface area contributed by atoms with E-state index in [1.165, 1.54) is 12.1 Å². The number of amides is 1. The largest absolute Gasteiger partial charge is 0.481 e. The molecule has 0 aliphatic carbocycles. The Morgan fingerprint density at radius 3 is 2.53 bits per heavy atom. The zero-order chi connectivity index (χ0) is 24.1. The summed E-state index contributed by atoms with van der Waals surface area (Å²) in [6, 6.07) is 11.0. The molecule has 4 rings (SSSR count). The number of hydrogen-bond acceptors (Lipinski definition) is 7. The summed E-state index contributed by atoms with van der Waals surface area (Å²) in [5, 5.41) is 19.2. The number of carboxylic acids is 1. The van der Waals surface area contributed by atoms with Gasteiger partial charge in [0.05, 0.1) is 29.0 Å². The Labute approximate surface area is 194 Å². The number of carbonyl (C=O) groups excluding carboxylic acids is 1. The minimum atomic E-state index is -0.852. The van der Waals surface area contributed by atoms with Crippen LogP contribution in [0.25, 0.3) is 22.3 Å². The molecule has 0 saturated carbocycles. The normalized spacial score (nSPS) is 11.0. The van der Waals surface area contributed by atoms with E-state index in [0.29, 0.717) is 64.6 Å². The Kier molecular flexibility index (Phi) is 6.86. The molecule has 0 spiro atoms. The second-order valence-electron chi connectivity index (χ2n) is 7.73. The number of benzene rings is 2. The SMILES string of the molecule is Cc1nnc(CNC(=O)c2ccc3nc(-c4ccc(F)cc4)c(CCCCC(=O)O)nc3c2)o1. The van der Waals surface area contributed by atoms with Gasteiger partial charge in [0, 0.05) is 24.5 Å². The fraction of sp³-hybridized carbons (Fsp3) is 0.250.